The minimum absolute atomic E-state index is 0.0317. The van der Waals surface area contributed by atoms with Crippen molar-refractivity contribution < 1.29 is 23.9 Å². The highest BCUT2D eigenvalue weighted by molar-refractivity contribution is 5.91. The monoisotopic (exact) mass is 667 g/mol. The molecule has 0 fully saturated rings. The molecule has 8 heteroatoms. The van der Waals surface area contributed by atoms with Crippen molar-refractivity contribution in [2.45, 2.75) is 96.6 Å². The minimum Gasteiger partial charge on any atom is -0.497 e. The van der Waals surface area contributed by atoms with Crippen LogP contribution in [-0.2, 0) is 38.4 Å². The zero-order valence-electron chi connectivity index (χ0n) is 29.6. The Labute approximate surface area is 291 Å². The molecule has 3 aromatic carbocycles. The summed E-state index contributed by atoms with van der Waals surface area (Å²) in [6.45, 7) is 5.91. The fourth-order valence-corrected chi connectivity index (χ4v) is 6.07. The van der Waals surface area contributed by atoms with Crippen LogP contribution in [0.5, 0.6) is 5.75 Å². The highest BCUT2D eigenvalue weighted by atomic mass is 16.6. The topological polar surface area (TPSA) is 110 Å². The van der Waals surface area contributed by atoms with Gasteiger partial charge in [-0.05, 0) is 81.3 Å². The number of amides is 2. The summed E-state index contributed by atoms with van der Waals surface area (Å²) in [4.78, 5) is 43.7. The number of methoxy groups -OCH3 is 1. The lowest BCUT2D eigenvalue weighted by Gasteiger charge is -2.24. The summed E-state index contributed by atoms with van der Waals surface area (Å²) in [6.07, 6.45) is 9.40. The van der Waals surface area contributed by atoms with Crippen molar-refractivity contribution in [2.75, 3.05) is 13.7 Å². The predicted molar refractivity (Wildman–Crippen MR) is 195 cm³/mol. The van der Waals surface area contributed by atoms with Gasteiger partial charge in [-0.15, -0.1) is 0 Å². The van der Waals surface area contributed by atoms with Crippen molar-refractivity contribution in [3.05, 3.63) is 102 Å². The summed E-state index contributed by atoms with van der Waals surface area (Å²) in [5.74, 6) is -0.693. The van der Waals surface area contributed by atoms with Gasteiger partial charge >= 0.3 is 5.97 Å². The Balaban J connectivity index is 1.37. The second kappa shape index (κ2) is 18.8. The van der Waals surface area contributed by atoms with Gasteiger partial charge in [0, 0.05) is 36.0 Å². The first-order chi connectivity index (χ1) is 23.6. The number of aryl methyl sites for hydroxylation is 1. The highest BCUT2D eigenvalue weighted by Gasteiger charge is 2.29. The first kappa shape index (κ1) is 37.2. The second-order valence-corrected chi connectivity index (χ2v) is 13.8. The summed E-state index contributed by atoms with van der Waals surface area (Å²) >= 11 is 0. The molecule has 0 spiro atoms. The molecule has 2 unspecified atom stereocenters. The molecule has 4 aromatic rings. The van der Waals surface area contributed by atoms with Crippen LogP contribution in [0.2, 0.25) is 0 Å². The Bertz CT molecular complexity index is 1610. The highest BCUT2D eigenvalue weighted by Crippen LogP contribution is 2.22. The number of hydrogen-bond donors (Lipinski definition) is 3. The SMILES string of the molecule is COc1ccc(CCCCCCCC(CC(=O)OC(C)(C)C)C(=O)NC(Cc2c[nH]c3ccccc23)C(=O)NCCc2ccccc2)cc1. The Morgan fingerprint density at radius 2 is 1.45 bits per heavy atom. The van der Waals surface area contributed by atoms with Crippen LogP contribution in [0.4, 0.5) is 0 Å². The molecule has 262 valence electrons. The lowest BCUT2D eigenvalue weighted by Crippen LogP contribution is -2.50. The summed E-state index contributed by atoms with van der Waals surface area (Å²) in [6, 6.07) is 25.3. The number of unbranched alkanes of at least 4 members (excludes halogenated alkanes) is 4. The fraction of sp³-hybridized carbons (Fsp3) is 0.439. The first-order valence-corrected chi connectivity index (χ1v) is 17.6. The lowest BCUT2D eigenvalue weighted by atomic mass is 9.94. The molecule has 8 nitrogen and oxygen atoms in total. The quantitative estimate of drug-likeness (QED) is 0.0709. The van der Waals surface area contributed by atoms with Crippen molar-refractivity contribution in [3.63, 3.8) is 0 Å². The van der Waals surface area contributed by atoms with E-state index in [4.69, 9.17) is 9.47 Å². The molecule has 2 atom stereocenters. The van der Waals surface area contributed by atoms with Gasteiger partial charge in [0.1, 0.15) is 17.4 Å². The summed E-state index contributed by atoms with van der Waals surface area (Å²) in [5, 5.41) is 7.09. The average molecular weight is 668 g/mol. The van der Waals surface area contributed by atoms with Gasteiger partial charge < -0.3 is 25.1 Å². The van der Waals surface area contributed by atoms with Crippen LogP contribution in [0, 0.1) is 5.92 Å². The van der Waals surface area contributed by atoms with Crippen LogP contribution in [0.3, 0.4) is 0 Å². The van der Waals surface area contributed by atoms with E-state index in [-0.39, 0.29) is 18.2 Å². The molecule has 0 saturated heterocycles. The van der Waals surface area contributed by atoms with Gasteiger partial charge in [0.2, 0.25) is 11.8 Å². The van der Waals surface area contributed by atoms with Crippen LogP contribution >= 0.6 is 0 Å². The third kappa shape index (κ3) is 12.7. The molecule has 0 bridgehead atoms. The molecule has 0 radical (unpaired) electrons. The van der Waals surface area contributed by atoms with E-state index in [0.29, 0.717) is 25.8 Å². The number of carbonyl (C=O) groups excluding carboxylic acids is 3. The standard InChI is InChI=1S/C41H53N3O5/c1-41(2,3)49-38(45)28-32(18-12-7-5-6-9-17-31-21-23-34(48-4)24-22-31)39(46)44-37(27-33-29-43-36-20-14-13-19-35(33)36)40(47)42-26-25-30-15-10-8-11-16-30/h8,10-11,13-16,19-24,29,32,37,43H,5-7,9,12,17-18,25-28H2,1-4H3,(H,42,47)(H,44,46). The zero-order valence-corrected chi connectivity index (χ0v) is 29.6. The molecule has 1 heterocycles. The van der Waals surface area contributed by atoms with Crippen LogP contribution < -0.4 is 15.4 Å². The maximum Gasteiger partial charge on any atom is 0.307 e. The Hall–Kier alpha value is -4.59. The number of rotatable bonds is 19. The first-order valence-electron chi connectivity index (χ1n) is 17.6. The molecule has 4 rings (SSSR count). The zero-order chi connectivity index (χ0) is 35.1. The van der Waals surface area contributed by atoms with E-state index < -0.39 is 23.5 Å². The summed E-state index contributed by atoms with van der Waals surface area (Å²) in [7, 11) is 1.67. The number of benzene rings is 3. The number of para-hydroxylation sites is 1. The average Bonchev–Trinajstić information content (AvgIpc) is 3.49. The second-order valence-electron chi connectivity index (χ2n) is 13.8. The van der Waals surface area contributed by atoms with E-state index in [1.165, 1.54) is 5.56 Å². The van der Waals surface area contributed by atoms with Crippen LogP contribution in [0.1, 0.15) is 82.4 Å². The van der Waals surface area contributed by atoms with Crippen LogP contribution in [-0.4, -0.2) is 48.1 Å². The number of ether oxygens (including phenoxy) is 2. The smallest absolute Gasteiger partial charge is 0.307 e. The van der Waals surface area contributed by atoms with Gasteiger partial charge in [-0.25, -0.2) is 0 Å². The number of fused-ring (bicyclic) bond motifs is 1. The number of esters is 1. The van der Waals surface area contributed by atoms with E-state index in [1.807, 2.05) is 93.7 Å². The molecule has 2 amide bonds. The van der Waals surface area contributed by atoms with Crippen molar-refractivity contribution in [1.82, 2.24) is 15.6 Å². The third-order valence-electron chi connectivity index (χ3n) is 8.67. The Morgan fingerprint density at radius 3 is 2.18 bits per heavy atom. The van der Waals surface area contributed by atoms with Crippen molar-refractivity contribution in [3.8, 4) is 5.75 Å². The largest absolute Gasteiger partial charge is 0.497 e. The summed E-state index contributed by atoms with van der Waals surface area (Å²) < 4.78 is 10.9. The molecular formula is C41H53N3O5. The van der Waals surface area contributed by atoms with E-state index in [0.717, 1.165) is 66.3 Å². The van der Waals surface area contributed by atoms with Crippen LogP contribution in [0.25, 0.3) is 10.9 Å². The maximum atomic E-state index is 13.9. The lowest BCUT2D eigenvalue weighted by molar-refractivity contribution is -0.157. The van der Waals surface area contributed by atoms with Gasteiger partial charge in [0.05, 0.1) is 13.5 Å². The molecule has 49 heavy (non-hydrogen) atoms. The van der Waals surface area contributed by atoms with Gasteiger partial charge in [-0.3, -0.25) is 14.4 Å². The number of carbonyl (C=O) groups is 3. The fourth-order valence-electron chi connectivity index (χ4n) is 6.07. The van der Waals surface area contributed by atoms with Gasteiger partial charge in [-0.1, -0.05) is 86.3 Å². The van der Waals surface area contributed by atoms with Crippen molar-refractivity contribution in [2.24, 2.45) is 5.92 Å². The van der Waals surface area contributed by atoms with E-state index >= 15 is 0 Å². The summed E-state index contributed by atoms with van der Waals surface area (Å²) in [5.41, 5.74) is 3.68. The minimum atomic E-state index is -0.804. The molecule has 1 aromatic heterocycles. The number of aromatic amines is 1. The molecule has 0 aliphatic heterocycles. The maximum absolute atomic E-state index is 13.9. The van der Waals surface area contributed by atoms with Crippen molar-refractivity contribution >= 4 is 28.7 Å². The molecule has 0 saturated carbocycles. The molecule has 0 aliphatic rings. The van der Waals surface area contributed by atoms with Gasteiger partial charge in [0.15, 0.2) is 0 Å². The van der Waals surface area contributed by atoms with Gasteiger partial charge in [0.25, 0.3) is 0 Å². The van der Waals surface area contributed by atoms with Crippen molar-refractivity contribution in [1.29, 1.82) is 0 Å². The molecule has 0 aliphatic carbocycles. The van der Waals surface area contributed by atoms with E-state index in [1.54, 1.807) is 7.11 Å². The Kier molecular flexibility index (Phi) is 14.3. The van der Waals surface area contributed by atoms with Gasteiger partial charge in [-0.2, -0.15) is 0 Å². The predicted octanol–water partition coefficient (Wildman–Crippen LogP) is 7.49. The normalized spacial score (nSPS) is 12.7. The van der Waals surface area contributed by atoms with E-state index in [9.17, 15) is 14.4 Å². The Morgan fingerprint density at radius 1 is 0.776 bits per heavy atom. The number of hydrogen-bond acceptors (Lipinski definition) is 5. The molecular weight excluding hydrogens is 614 g/mol. The molecule has 3 N–H and O–H groups in total. The van der Waals surface area contributed by atoms with Crippen LogP contribution in [0.15, 0.2) is 85.1 Å². The number of H-pyrrole nitrogens is 1. The van der Waals surface area contributed by atoms with E-state index in [2.05, 4.69) is 27.8 Å². The number of nitrogens with one attached hydrogen (secondary N) is 3. The third-order valence-corrected chi connectivity index (χ3v) is 8.67. The number of aromatic nitrogens is 1.